The van der Waals surface area contributed by atoms with Gasteiger partial charge in [-0.25, -0.2) is 0 Å². The summed E-state index contributed by atoms with van der Waals surface area (Å²) in [5.74, 6) is -0.843. The van der Waals surface area contributed by atoms with Crippen LogP contribution >= 0.6 is 0 Å². The van der Waals surface area contributed by atoms with Crippen molar-refractivity contribution in [2.75, 3.05) is 13.1 Å². The first-order valence-electron chi connectivity index (χ1n) is 8.86. The molecule has 7 heteroatoms. The van der Waals surface area contributed by atoms with Gasteiger partial charge in [-0.1, -0.05) is 18.2 Å². The molecule has 1 atom stereocenters. The van der Waals surface area contributed by atoms with Crippen LogP contribution in [-0.4, -0.2) is 46.7 Å². The second-order valence-corrected chi connectivity index (χ2v) is 6.82. The van der Waals surface area contributed by atoms with Crippen molar-refractivity contribution in [1.82, 2.24) is 15.2 Å². The lowest BCUT2D eigenvalue weighted by Crippen LogP contribution is -2.52. The van der Waals surface area contributed by atoms with Crippen molar-refractivity contribution in [3.8, 4) is 0 Å². The summed E-state index contributed by atoms with van der Waals surface area (Å²) in [4.78, 5) is 40.8. The molecule has 4 N–H and O–H groups in total. The molecule has 0 unspecified atom stereocenters. The molecular formula is C19H24N4O3. The van der Waals surface area contributed by atoms with Crippen molar-refractivity contribution in [1.29, 1.82) is 0 Å². The van der Waals surface area contributed by atoms with Gasteiger partial charge in [0, 0.05) is 49.5 Å². The largest absolute Gasteiger partial charge is 0.369 e. The van der Waals surface area contributed by atoms with Gasteiger partial charge in [-0.2, -0.15) is 0 Å². The Kier molecular flexibility index (Phi) is 5.25. The second-order valence-electron chi connectivity index (χ2n) is 6.82. The molecule has 1 aliphatic heterocycles. The topological polar surface area (TPSA) is 108 Å². The molecule has 1 fully saturated rings. The number of carbonyl (C=O) groups excluding carboxylic acids is 3. The predicted molar refractivity (Wildman–Crippen MR) is 98.1 cm³/mol. The van der Waals surface area contributed by atoms with E-state index < -0.39 is 6.04 Å². The van der Waals surface area contributed by atoms with E-state index in [1.165, 1.54) is 6.92 Å². The third kappa shape index (κ3) is 3.87. The molecule has 3 amide bonds. The zero-order valence-corrected chi connectivity index (χ0v) is 14.8. The molecule has 0 radical (unpaired) electrons. The minimum Gasteiger partial charge on any atom is -0.369 e. The molecule has 1 aliphatic rings. The number of benzene rings is 1. The first-order chi connectivity index (χ1) is 12.5. The molecule has 0 aliphatic carbocycles. The maximum Gasteiger partial charge on any atom is 0.245 e. The van der Waals surface area contributed by atoms with Gasteiger partial charge in [0.15, 0.2) is 0 Å². The molecule has 1 aromatic heterocycles. The van der Waals surface area contributed by atoms with Crippen LogP contribution in [0.2, 0.25) is 0 Å². The number of carbonyl (C=O) groups is 3. The van der Waals surface area contributed by atoms with Crippen LogP contribution in [0.15, 0.2) is 30.5 Å². The number of para-hydroxylation sites is 1. The van der Waals surface area contributed by atoms with E-state index in [9.17, 15) is 14.4 Å². The molecule has 26 heavy (non-hydrogen) atoms. The number of aromatic nitrogens is 1. The van der Waals surface area contributed by atoms with Gasteiger partial charge in [-0.3, -0.25) is 14.4 Å². The molecule has 138 valence electrons. The highest BCUT2D eigenvalue weighted by molar-refractivity contribution is 5.89. The van der Waals surface area contributed by atoms with Crippen molar-refractivity contribution in [2.45, 2.75) is 32.2 Å². The summed E-state index contributed by atoms with van der Waals surface area (Å²) in [6.45, 7) is 2.38. The minimum absolute atomic E-state index is 0.117. The smallest absolute Gasteiger partial charge is 0.245 e. The summed E-state index contributed by atoms with van der Waals surface area (Å²) in [6.07, 6.45) is 3.44. The molecule has 0 saturated carbocycles. The van der Waals surface area contributed by atoms with Crippen LogP contribution in [0.5, 0.6) is 0 Å². The fraction of sp³-hybridized carbons (Fsp3) is 0.421. The number of hydrogen-bond donors (Lipinski definition) is 3. The Hall–Kier alpha value is -2.83. The van der Waals surface area contributed by atoms with Crippen LogP contribution in [-0.2, 0) is 20.8 Å². The van der Waals surface area contributed by atoms with Gasteiger partial charge in [0.05, 0.1) is 0 Å². The second kappa shape index (κ2) is 7.59. The number of nitrogens with zero attached hydrogens (tertiary/aromatic N) is 1. The minimum atomic E-state index is -0.628. The van der Waals surface area contributed by atoms with Crippen molar-refractivity contribution in [2.24, 2.45) is 11.7 Å². The van der Waals surface area contributed by atoms with E-state index in [1.54, 1.807) is 4.90 Å². The number of fused-ring (bicyclic) bond motifs is 1. The Balaban J connectivity index is 1.74. The number of amides is 3. The van der Waals surface area contributed by atoms with Crippen LogP contribution in [0.3, 0.4) is 0 Å². The number of nitrogens with two attached hydrogens (primary N) is 1. The summed E-state index contributed by atoms with van der Waals surface area (Å²) >= 11 is 0. The highest BCUT2D eigenvalue weighted by Gasteiger charge is 2.30. The van der Waals surface area contributed by atoms with Gasteiger partial charge in [-0.15, -0.1) is 0 Å². The third-order valence-corrected chi connectivity index (χ3v) is 4.98. The summed E-state index contributed by atoms with van der Waals surface area (Å²) in [7, 11) is 0. The Morgan fingerprint density at radius 3 is 2.62 bits per heavy atom. The lowest BCUT2D eigenvalue weighted by atomic mass is 9.95. The number of nitrogens with one attached hydrogen (secondary N) is 2. The molecule has 7 nitrogen and oxygen atoms in total. The van der Waals surface area contributed by atoms with Gasteiger partial charge >= 0.3 is 0 Å². The number of aromatic amines is 1. The highest BCUT2D eigenvalue weighted by Crippen LogP contribution is 2.21. The summed E-state index contributed by atoms with van der Waals surface area (Å²) in [5, 5.41) is 3.82. The Labute approximate surface area is 151 Å². The molecule has 1 aromatic carbocycles. The molecule has 0 spiro atoms. The number of hydrogen-bond acceptors (Lipinski definition) is 3. The van der Waals surface area contributed by atoms with Crippen molar-refractivity contribution < 1.29 is 14.4 Å². The van der Waals surface area contributed by atoms with Gasteiger partial charge in [0.25, 0.3) is 0 Å². The Morgan fingerprint density at radius 1 is 1.27 bits per heavy atom. The molecule has 3 rings (SSSR count). The summed E-state index contributed by atoms with van der Waals surface area (Å²) in [5.41, 5.74) is 7.34. The van der Waals surface area contributed by atoms with E-state index in [0.717, 1.165) is 16.5 Å². The van der Waals surface area contributed by atoms with Gasteiger partial charge in [-0.05, 0) is 24.5 Å². The number of piperidine rings is 1. The number of rotatable bonds is 5. The van der Waals surface area contributed by atoms with Crippen LogP contribution in [0.1, 0.15) is 25.3 Å². The number of primary amides is 1. The average Bonchev–Trinajstić information content (AvgIpc) is 3.03. The van der Waals surface area contributed by atoms with Gasteiger partial charge in [0.1, 0.15) is 6.04 Å². The van der Waals surface area contributed by atoms with Crippen molar-refractivity contribution in [3.05, 3.63) is 36.0 Å². The van der Waals surface area contributed by atoms with Crippen LogP contribution in [0.4, 0.5) is 0 Å². The molecule has 1 saturated heterocycles. The third-order valence-electron chi connectivity index (χ3n) is 4.98. The first-order valence-corrected chi connectivity index (χ1v) is 8.86. The number of H-pyrrole nitrogens is 1. The Bertz CT molecular complexity index is 821. The van der Waals surface area contributed by atoms with E-state index in [-0.39, 0.29) is 23.6 Å². The zero-order chi connectivity index (χ0) is 18.7. The van der Waals surface area contributed by atoms with E-state index >= 15 is 0 Å². The van der Waals surface area contributed by atoms with E-state index in [4.69, 9.17) is 5.73 Å². The van der Waals surface area contributed by atoms with Crippen LogP contribution in [0.25, 0.3) is 10.9 Å². The van der Waals surface area contributed by atoms with E-state index in [2.05, 4.69) is 10.3 Å². The summed E-state index contributed by atoms with van der Waals surface area (Å²) in [6, 6.07) is 7.24. The quantitative estimate of drug-likeness (QED) is 0.742. The summed E-state index contributed by atoms with van der Waals surface area (Å²) < 4.78 is 0. The maximum absolute atomic E-state index is 13.0. The average molecular weight is 356 g/mol. The zero-order valence-electron chi connectivity index (χ0n) is 14.8. The predicted octanol–water partition coefficient (Wildman–Crippen LogP) is 0.939. The molecule has 2 heterocycles. The van der Waals surface area contributed by atoms with E-state index in [0.29, 0.717) is 32.4 Å². The van der Waals surface area contributed by atoms with Crippen molar-refractivity contribution >= 4 is 28.6 Å². The van der Waals surface area contributed by atoms with Crippen LogP contribution in [0, 0.1) is 5.92 Å². The molecular weight excluding hydrogens is 332 g/mol. The highest BCUT2D eigenvalue weighted by atomic mass is 16.2. The molecule has 0 bridgehead atoms. The fourth-order valence-electron chi connectivity index (χ4n) is 3.57. The standard InChI is InChI=1S/C19H24N4O3/c1-12(24)22-17(10-14-11-21-16-5-3-2-4-15(14)16)19(26)23-8-6-13(7-9-23)18(20)25/h2-5,11,13,17,21H,6-10H2,1H3,(H2,20,25)(H,22,24)/t17-/m1/s1. The first kappa shape index (κ1) is 18.0. The number of likely N-dealkylation sites (tertiary alicyclic amines) is 1. The van der Waals surface area contributed by atoms with Crippen LogP contribution < -0.4 is 11.1 Å². The Morgan fingerprint density at radius 2 is 1.96 bits per heavy atom. The fourth-order valence-corrected chi connectivity index (χ4v) is 3.57. The lowest BCUT2D eigenvalue weighted by molar-refractivity contribution is -0.138. The normalized spacial score (nSPS) is 16.4. The SMILES string of the molecule is CC(=O)N[C@H](Cc1c[nH]c2ccccc12)C(=O)N1CCC(C(N)=O)CC1. The molecule has 2 aromatic rings. The maximum atomic E-state index is 13.0. The van der Waals surface area contributed by atoms with Crippen molar-refractivity contribution in [3.63, 3.8) is 0 Å². The van der Waals surface area contributed by atoms with Gasteiger partial charge < -0.3 is 20.9 Å². The monoisotopic (exact) mass is 356 g/mol. The lowest BCUT2D eigenvalue weighted by Gasteiger charge is -2.33. The van der Waals surface area contributed by atoms with E-state index in [1.807, 2.05) is 30.5 Å². The van der Waals surface area contributed by atoms with Gasteiger partial charge in [0.2, 0.25) is 17.7 Å².